The third-order valence-corrected chi connectivity index (χ3v) is 2.43. The number of aromatic nitrogens is 2. The van der Waals surface area contributed by atoms with Crippen LogP contribution in [0.3, 0.4) is 0 Å². The number of methoxy groups -OCH3 is 1. The standard InChI is InChI=1S/C12H11N3O2S/c1-16-8-3-2-4-9(7-8)17-12-10(11(13)18)5-6-14-15-12/h2-7H,1H3,(H2,13,18). The molecular formula is C12H11N3O2S. The third kappa shape index (κ3) is 2.72. The molecular weight excluding hydrogens is 250 g/mol. The zero-order valence-electron chi connectivity index (χ0n) is 9.66. The van der Waals surface area contributed by atoms with E-state index in [0.717, 1.165) is 0 Å². The lowest BCUT2D eigenvalue weighted by Crippen LogP contribution is -2.12. The maximum absolute atomic E-state index is 5.59. The van der Waals surface area contributed by atoms with Crippen LogP contribution in [-0.4, -0.2) is 22.3 Å². The minimum absolute atomic E-state index is 0.211. The van der Waals surface area contributed by atoms with Crippen molar-refractivity contribution in [2.45, 2.75) is 0 Å². The molecule has 2 N–H and O–H groups in total. The first-order chi connectivity index (χ1) is 8.70. The summed E-state index contributed by atoms with van der Waals surface area (Å²) in [6.07, 6.45) is 1.51. The predicted molar refractivity (Wildman–Crippen MR) is 71.0 cm³/mol. The van der Waals surface area contributed by atoms with E-state index in [2.05, 4.69) is 10.2 Å². The Kier molecular flexibility index (Phi) is 3.69. The van der Waals surface area contributed by atoms with Crippen LogP contribution in [0.4, 0.5) is 0 Å². The molecule has 2 rings (SSSR count). The van der Waals surface area contributed by atoms with Crippen LogP contribution in [0, 0.1) is 0 Å². The lowest BCUT2D eigenvalue weighted by Gasteiger charge is -2.08. The molecule has 1 heterocycles. The van der Waals surface area contributed by atoms with E-state index in [1.807, 2.05) is 12.1 Å². The quantitative estimate of drug-likeness (QED) is 0.848. The van der Waals surface area contributed by atoms with Gasteiger partial charge in [0.2, 0.25) is 5.88 Å². The number of hydrogen-bond acceptors (Lipinski definition) is 5. The van der Waals surface area contributed by atoms with Gasteiger partial charge in [-0.1, -0.05) is 18.3 Å². The fraction of sp³-hybridized carbons (Fsp3) is 0.0833. The lowest BCUT2D eigenvalue weighted by molar-refractivity contribution is 0.406. The van der Waals surface area contributed by atoms with Crippen LogP contribution in [0.15, 0.2) is 36.5 Å². The average molecular weight is 261 g/mol. The summed E-state index contributed by atoms with van der Waals surface area (Å²) in [7, 11) is 1.59. The molecule has 0 aliphatic carbocycles. The molecule has 0 atom stereocenters. The highest BCUT2D eigenvalue weighted by Gasteiger charge is 2.09. The average Bonchev–Trinajstić information content (AvgIpc) is 2.39. The molecule has 0 aliphatic heterocycles. The van der Waals surface area contributed by atoms with Gasteiger partial charge in [-0.2, -0.15) is 5.10 Å². The number of nitrogens with zero attached hydrogens (tertiary/aromatic N) is 2. The monoisotopic (exact) mass is 261 g/mol. The Hall–Kier alpha value is -2.21. The second-order valence-corrected chi connectivity index (χ2v) is 3.84. The minimum atomic E-state index is 0.211. The molecule has 0 saturated carbocycles. The second kappa shape index (κ2) is 5.42. The summed E-state index contributed by atoms with van der Waals surface area (Å²) in [5, 5.41) is 7.62. The first-order valence-corrected chi connectivity index (χ1v) is 5.55. The van der Waals surface area contributed by atoms with E-state index >= 15 is 0 Å². The second-order valence-electron chi connectivity index (χ2n) is 3.40. The zero-order valence-corrected chi connectivity index (χ0v) is 10.5. The lowest BCUT2D eigenvalue weighted by atomic mass is 10.3. The summed E-state index contributed by atoms with van der Waals surface area (Å²) >= 11 is 4.92. The first kappa shape index (κ1) is 12.3. The Morgan fingerprint density at radius 1 is 1.28 bits per heavy atom. The number of ether oxygens (including phenoxy) is 2. The van der Waals surface area contributed by atoms with Crippen molar-refractivity contribution >= 4 is 17.2 Å². The smallest absolute Gasteiger partial charge is 0.249 e. The summed E-state index contributed by atoms with van der Waals surface area (Å²) < 4.78 is 10.7. The van der Waals surface area contributed by atoms with Gasteiger partial charge in [0, 0.05) is 6.07 Å². The van der Waals surface area contributed by atoms with E-state index in [-0.39, 0.29) is 10.9 Å². The van der Waals surface area contributed by atoms with E-state index in [1.165, 1.54) is 6.20 Å². The largest absolute Gasteiger partial charge is 0.497 e. The van der Waals surface area contributed by atoms with Crippen LogP contribution in [0.2, 0.25) is 0 Å². The van der Waals surface area contributed by atoms with Gasteiger partial charge in [0.25, 0.3) is 0 Å². The van der Waals surface area contributed by atoms with Crippen LogP contribution in [0.25, 0.3) is 0 Å². The normalized spacial score (nSPS) is 9.83. The van der Waals surface area contributed by atoms with Crippen molar-refractivity contribution in [1.82, 2.24) is 10.2 Å². The number of benzene rings is 1. The van der Waals surface area contributed by atoms with Gasteiger partial charge in [-0.05, 0) is 18.2 Å². The molecule has 0 saturated heterocycles. The van der Waals surface area contributed by atoms with E-state index in [4.69, 9.17) is 27.4 Å². The molecule has 0 aliphatic rings. The van der Waals surface area contributed by atoms with Gasteiger partial charge in [0.15, 0.2) is 0 Å². The fourth-order valence-electron chi connectivity index (χ4n) is 1.36. The molecule has 1 aromatic carbocycles. The summed E-state index contributed by atoms with van der Waals surface area (Å²) in [5.74, 6) is 1.54. The fourth-order valence-corrected chi connectivity index (χ4v) is 1.51. The van der Waals surface area contributed by atoms with Gasteiger partial charge in [-0.15, -0.1) is 5.10 Å². The highest BCUT2D eigenvalue weighted by Crippen LogP contribution is 2.25. The highest BCUT2D eigenvalue weighted by molar-refractivity contribution is 7.80. The Morgan fingerprint density at radius 2 is 2.06 bits per heavy atom. The summed E-state index contributed by atoms with van der Waals surface area (Å²) in [5.41, 5.74) is 6.13. The molecule has 18 heavy (non-hydrogen) atoms. The topological polar surface area (TPSA) is 70.3 Å². The van der Waals surface area contributed by atoms with E-state index in [1.54, 1.807) is 25.3 Å². The van der Waals surface area contributed by atoms with Gasteiger partial charge < -0.3 is 15.2 Å². The van der Waals surface area contributed by atoms with Gasteiger partial charge in [0.1, 0.15) is 16.5 Å². The van der Waals surface area contributed by atoms with Gasteiger partial charge in [-0.3, -0.25) is 0 Å². The molecule has 1 aromatic heterocycles. The predicted octanol–water partition coefficient (Wildman–Crippen LogP) is 1.91. The highest BCUT2D eigenvalue weighted by atomic mass is 32.1. The van der Waals surface area contributed by atoms with Crippen molar-refractivity contribution in [3.05, 3.63) is 42.1 Å². The molecule has 0 spiro atoms. The van der Waals surface area contributed by atoms with Crippen molar-refractivity contribution in [2.24, 2.45) is 5.73 Å². The maximum Gasteiger partial charge on any atom is 0.249 e. The van der Waals surface area contributed by atoms with Crippen molar-refractivity contribution in [3.63, 3.8) is 0 Å². The Morgan fingerprint density at radius 3 is 2.78 bits per heavy atom. The number of thiocarbonyl (C=S) groups is 1. The van der Waals surface area contributed by atoms with Crippen molar-refractivity contribution in [1.29, 1.82) is 0 Å². The molecule has 0 fully saturated rings. The first-order valence-electron chi connectivity index (χ1n) is 5.14. The molecule has 0 unspecified atom stereocenters. The van der Waals surface area contributed by atoms with Crippen LogP contribution in [0.1, 0.15) is 5.56 Å². The zero-order chi connectivity index (χ0) is 13.0. The SMILES string of the molecule is COc1cccc(Oc2nnccc2C(N)=S)c1. The number of rotatable bonds is 4. The molecule has 6 heteroatoms. The Bertz CT molecular complexity index is 575. The summed E-state index contributed by atoms with van der Waals surface area (Å²) in [6.45, 7) is 0. The summed E-state index contributed by atoms with van der Waals surface area (Å²) in [4.78, 5) is 0.211. The van der Waals surface area contributed by atoms with E-state index in [9.17, 15) is 0 Å². The molecule has 0 bridgehead atoms. The Labute approximate surface area is 110 Å². The minimum Gasteiger partial charge on any atom is -0.497 e. The van der Waals surface area contributed by atoms with Crippen molar-refractivity contribution < 1.29 is 9.47 Å². The van der Waals surface area contributed by atoms with E-state index in [0.29, 0.717) is 17.1 Å². The van der Waals surface area contributed by atoms with Gasteiger partial charge >= 0.3 is 0 Å². The van der Waals surface area contributed by atoms with Crippen molar-refractivity contribution in [3.8, 4) is 17.4 Å². The molecule has 5 nitrogen and oxygen atoms in total. The van der Waals surface area contributed by atoms with E-state index < -0.39 is 0 Å². The molecule has 92 valence electrons. The Balaban J connectivity index is 2.31. The summed E-state index contributed by atoms with van der Waals surface area (Å²) in [6, 6.07) is 8.80. The van der Waals surface area contributed by atoms with Crippen molar-refractivity contribution in [2.75, 3.05) is 7.11 Å². The van der Waals surface area contributed by atoms with Crippen LogP contribution >= 0.6 is 12.2 Å². The number of nitrogens with two attached hydrogens (primary N) is 1. The van der Waals surface area contributed by atoms with Crippen LogP contribution in [-0.2, 0) is 0 Å². The molecule has 2 aromatic rings. The molecule has 0 radical (unpaired) electrons. The molecule has 0 amide bonds. The maximum atomic E-state index is 5.59. The number of hydrogen-bond donors (Lipinski definition) is 1. The third-order valence-electron chi connectivity index (χ3n) is 2.21. The van der Waals surface area contributed by atoms with Gasteiger partial charge in [-0.25, -0.2) is 0 Å². The van der Waals surface area contributed by atoms with Crippen LogP contribution in [0.5, 0.6) is 17.4 Å². The van der Waals surface area contributed by atoms with Crippen LogP contribution < -0.4 is 15.2 Å². The van der Waals surface area contributed by atoms with Gasteiger partial charge in [0.05, 0.1) is 18.9 Å².